The Morgan fingerprint density at radius 3 is 2.62 bits per heavy atom. The number of carbonyl (C=O) groups is 1. The van der Waals surface area contributed by atoms with E-state index in [0.29, 0.717) is 27.0 Å². The number of nitrogens with zero attached hydrogens (tertiary/aromatic N) is 3. The zero-order valence-corrected chi connectivity index (χ0v) is 18.8. The summed E-state index contributed by atoms with van der Waals surface area (Å²) < 4.78 is 5.91. The van der Waals surface area contributed by atoms with Crippen molar-refractivity contribution < 1.29 is 14.3 Å². The number of fused-ring (bicyclic) bond motifs is 2. The van der Waals surface area contributed by atoms with Crippen LogP contribution in [-0.4, -0.2) is 21.2 Å². The maximum atomic E-state index is 13.5. The maximum absolute atomic E-state index is 13.5. The lowest BCUT2D eigenvalue weighted by molar-refractivity contribution is 0.0970. The van der Waals surface area contributed by atoms with Gasteiger partial charge in [-0.3, -0.25) is 14.5 Å². The summed E-state index contributed by atoms with van der Waals surface area (Å²) >= 11 is 7.42. The SMILES string of the molecule is CC(C)Cc1nnc(N2C(=O)c3oc4ccc(Cl)cc4c(=O)c3C2c2ccc(O)cc2)s1. The van der Waals surface area contributed by atoms with E-state index in [1.165, 1.54) is 34.4 Å². The largest absolute Gasteiger partial charge is 0.508 e. The van der Waals surface area contributed by atoms with Crippen molar-refractivity contribution in [2.45, 2.75) is 26.3 Å². The smallest absolute Gasteiger partial charge is 0.297 e. The van der Waals surface area contributed by atoms with E-state index in [-0.39, 0.29) is 28.1 Å². The van der Waals surface area contributed by atoms with Crippen LogP contribution in [0.25, 0.3) is 11.0 Å². The summed E-state index contributed by atoms with van der Waals surface area (Å²) in [6.45, 7) is 4.16. The quantitative estimate of drug-likeness (QED) is 0.456. The minimum absolute atomic E-state index is 0.0245. The molecule has 1 amide bonds. The summed E-state index contributed by atoms with van der Waals surface area (Å²) in [5.41, 5.74) is 0.820. The van der Waals surface area contributed by atoms with Crippen LogP contribution in [0.4, 0.5) is 5.13 Å². The van der Waals surface area contributed by atoms with Gasteiger partial charge in [-0.2, -0.15) is 0 Å². The summed E-state index contributed by atoms with van der Waals surface area (Å²) in [5.74, 6) is -0.0199. The van der Waals surface area contributed by atoms with Gasteiger partial charge in [-0.1, -0.05) is 48.9 Å². The molecule has 32 heavy (non-hydrogen) atoms. The number of phenols is 1. The van der Waals surface area contributed by atoms with Gasteiger partial charge in [0.05, 0.1) is 17.0 Å². The molecule has 9 heteroatoms. The third-order valence-electron chi connectivity index (χ3n) is 5.29. The molecule has 1 N–H and O–H groups in total. The molecular weight excluding hydrogens is 450 g/mol. The molecule has 0 aliphatic carbocycles. The second-order valence-corrected chi connectivity index (χ2v) is 9.54. The zero-order chi connectivity index (χ0) is 22.6. The van der Waals surface area contributed by atoms with Gasteiger partial charge in [0.2, 0.25) is 10.9 Å². The van der Waals surface area contributed by atoms with Crippen LogP contribution >= 0.6 is 22.9 Å². The fraction of sp³-hybridized carbons (Fsp3) is 0.217. The van der Waals surface area contributed by atoms with Crippen LogP contribution in [0.15, 0.2) is 51.7 Å². The lowest BCUT2D eigenvalue weighted by Gasteiger charge is -2.22. The van der Waals surface area contributed by atoms with Crippen molar-refractivity contribution >= 4 is 44.9 Å². The summed E-state index contributed by atoms with van der Waals surface area (Å²) in [6, 6.07) is 10.3. The van der Waals surface area contributed by atoms with E-state index in [1.807, 2.05) is 0 Å². The summed E-state index contributed by atoms with van der Waals surface area (Å²) in [5, 5.41) is 20.1. The number of rotatable bonds is 4. The predicted molar refractivity (Wildman–Crippen MR) is 123 cm³/mol. The van der Waals surface area contributed by atoms with Crippen molar-refractivity contribution in [1.82, 2.24) is 10.2 Å². The minimum Gasteiger partial charge on any atom is -0.508 e. The van der Waals surface area contributed by atoms with Gasteiger partial charge in [0.25, 0.3) is 5.91 Å². The van der Waals surface area contributed by atoms with Gasteiger partial charge in [0, 0.05) is 11.4 Å². The van der Waals surface area contributed by atoms with Crippen LogP contribution < -0.4 is 10.3 Å². The molecule has 0 saturated heterocycles. The van der Waals surface area contributed by atoms with Gasteiger partial charge >= 0.3 is 0 Å². The van der Waals surface area contributed by atoms with Crippen molar-refractivity contribution in [2.75, 3.05) is 4.90 Å². The molecule has 162 valence electrons. The van der Waals surface area contributed by atoms with Crippen molar-refractivity contribution in [3.63, 3.8) is 0 Å². The number of halogens is 1. The van der Waals surface area contributed by atoms with E-state index >= 15 is 0 Å². The molecule has 0 saturated carbocycles. The molecule has 1 aliphatic rings. The maximum Gasteiger partial charge on any atom is 0.297 e. The van der Waals surface area contributed by atoms with Crippen molar-refractivity contribution in [3.05, 3.63) is 79.6 Å². The predicted octanol–water partition coefficient (Wildman–Crippen LogP) is 4.95. The third-order valence-corrected chi connectivity index (χ3v) is 6.47. The van der Waals surface area contributed by atoms with E-state index in [4.69, 9.17) is 16.0 Å². The topological polar surface area (TPSA) is 96.5 Å². The number of aromatic nitrogens is 2. The first kappa shape index (κ1) is 20.7. The molecule has 0 radical (unpaired) electrons. The second-order valence-electron chi connectivity index (χ2n) is 8.06. The number of anilines is 1. The molecule has 4 aromatic rings. The van der Waals surface area contributed by atoms with Gasteiger partial charge in [0.15, 0.2) is 5.43 Å². The molecule has 2 aromatic carbocycles. The van der Waals surface area contributed by atoms with Gasteiger partial charge in [0.1, 0.15) is 16.3 Å². The Morgan fingerprint density at radius 1 is 1.16 bits per heavy atom. The van der Waals surface area contributed by atoms with Crippen molar-refractivity contribution in [2.24, 2.45) is 5.92 Å². The average molecular weight is 468 g/mol. The Labute approximate surface area is 191 Å². The van der Waals surface area contributed by atoms with E-state index in [2.05, 4.69) is 24.0 Å². The molecule has 5 rings (SSSR count). The Balaban J connectivity index is 1.74. The molecule has 0 bridgehead atoms. The zero-order valence-electron chi connectivity index (χ0n) is 17.2. The minimum atomic E-state index is -0.766. The number of amides is 1. The molecule has 0 spiro atoms. The van der Waals surface area contributed by atoms with Gasteiger partial charge in [-0.25, -0.2) is 0 Å². The highest BCUT2D eigenvalue weighted by Crippen LogP contribution is 2.42. The fourth-order valence-corrected chi connectivity index (χ4v) is 5.14. The van der Waals surface area contributed by atoms with Gasteiger partial charge < -0.3 is 9.52 Å². The molecule has 1 aliphatic heterocycles. The number of benzene rings is 2. The Bertz CT molecular complexity index is 1410. The highest BCUT2D eigenvalue weighted by Gasteiger charge is 2.45. The number of hydrogen-bond acceptors (Lipinski definition) is 7. The molecule has 2 aromatic heterocycles. The Kier molecular flexibility index (Phi) is 4.98. The molecule has 1 atom stereocenters. The van der Waals surface area contributed by atoms with E-state index in [9.17, 15) is 14.7 Å². The normalized spacial score (nSPS) is 15.7. The number of aromatic hydroxyl groups is 1. The van der Waals surface area contributed by atoms with Crippen LogP contribution in [0.5, 0.6) is 5.75 Å². The second kappa shape index (κ2) is 7.72. The average Bonchev–Trinajstić information content (AvgIpc) is 3.31. The van der Waals surface area contributed by atoms with Crippen LogP contribution in [0.2, 0.25) is 5.02 Å². The highest BCUT2D eigenvalue weighted by atomic mass is 35.5. The molecule has 7 nitrogen and oxygen atoms in total. The van der Waals surface area contributed by atoms with Crippen LogP contribution in [-0.2, 0) is 6.42 Å². The first-order chi connectivity index (χ1) is 15.3. The number of phenolic OH excluding ortho intramolecular Hbond substituents is 1. The van der Waals surface area contributed by atoms with E-state index in [1.54, 1.807) is 24.3 Å². The lowest BCUT2D eigenvalue weighted by Crippen LogP contribution is -2.29. The number of carbonyl (C=O) groups excluding carboxylic acids is 1. The van der Waals surface area contributed by atoms with Crippen LogP contribution in [0.1, 0.15) is 46.6 Å². The fourth-order valence-electron chi connectivity index (χ4n) is 3.89. The Morgan fingerprint density at radius 2 is 1.91 bits per heavy atom. The first-order valence-electron chi connectivity index (χ1n) is 10.0. The summed E-state index contributed by atoms with van der Waals surface area (Å²) in [6.07, 6.45) is 0.732. The monoisotopic (exact) mass is 467 g/mol. The first-order valence-corrected chi connectivity index (χ1v) is 11.2. The summed E-state index contributed by atoms with van der Waals surface area (Å²) in [7, 11) is 0. The van der Waals surface area contributed by atoms with E-state index in [0.717, 1.165) is 11.4 Å². The molecule has 1 unspecified atom stereocenters. The Hall–Kier alpha value is -3.23. The van der Waals surface area contributed by atoms with Gasteiger partial charge in [-0.15, -0.1) is 10.2 Å². The standard InChI is InChI=1S/C23H18ClN3O4S/c1-11(2)9-17-25-26-23(32-17)27-19(12-3-6-14(28)7-4-12)18-20(29)15-10-13(24)5-8-16(15)31-21(18)22(27)30/h3-8,10-11,19,28H,9H2,1-2H3. The van der Waals surface area contributed by atoms with Crippen molar-refractivity contribution in [3.8, 4) is 5.75 Å². The van der Waals surface area contributed by atoms with Crippen molar-refractivity contribution in [1.29, 1.82) is 0 Å². The van der Waals surface area contributed by atoms with Crippen LogP contribution in [0.3, 0.4) is 0 Å². The van der Waals surface area contributed by atoms with Gasteiger partial charge in [-0.05, 0) is 41.8 Å². The third kappa shape index (κ3) is 3.36. The summed E-state index contributed by atoms with van der Waals surface area (Å²) in [4.78, 5) is 28.5. The molecular formula is C23H18ClN3O4S. The van der Waals surface area contributed by atoms with E-state index < -0.39 is 11.9 Å². The lowest BCUT2D eigenvalue weighted by atomic mass is 9.98. The molecule has 3 heterocycles. The highest BCUT2D eigenvalue weighted by molar-refractivity contribution is 7.15. The molecule has 0 fully saturated rings. The number of hydrogen-bond donors (Lipinski definition) is 1. The van der Waals surface area contributed by atoms with Crippen LogP contribution in [0, 0.1) is 5.92 Å².